The van der Waals surface area contributed by atoms with Crippen molar-refractivity contribution in [3.05, 3.63) is 24.3 Å². The first-order valence-electron chi connectivity index (χ1n) is 32.1. The van der Waals surface area contributed by atoms with Gasteiger partial charge in [-0.25, -0.2) is 0 Å². The van der Waals surface area contributed by atoms with Crippen LogP contribution in [0, 0.1) is 0 Å². The van der Waals surface area contributed by atoms with Crippen LogP contribution in [0.4, 0.5) is 0 Å². The second-order valence-electron chi connectivity index (χ2n) is 22.1. The lowest BCUT2D eigenvalue weighted by atomic mass is 10.0. The summed E-state index contributed by atoms with van der Waals surface area (Å²) in [4.78, 5) is 24.6. The predicted molar refractivity (Wildman–Crippen MR) is 310 cm³/mol. The number of aliphatic hydroxyl groups is 2. The molecular formula is C65H125NO5. The second kappa shape index (κ2) is 60.9. The lowest BCUT2D eigenvalue weighted by Gasteiger charge is -2.22. The maximum absolute atomic E-state index is 12.5. The Labute approximate surface area is 443 Å². The normalized spacial score (nSPS) is 12.7. The van der Waals surface area contributed by atoms with Crippen molar-refractivity contribution in [2.75, 3.05) is 13.2 Å². The number of carbonyl (C=O) groups is 2. The summed E-state index contributed by atoms with van der Waals surface area (Å²) in [6.45, 7) is 4.92. The van der Waals surface area contributed by atoms with Gasteiger partial charge in [0.25, 0.3) is 0 Å². The fourth-order valence-corrected chi connectivity index (χ4v) is 10.0. The van der Waals surface area contributed by atoms with Crippen LogP contribution in [-0.4, -0.2) is 47.4 Å². The van der Waals surface area contributed by atoms with Gasteiger partial charge in [-0.1, -0.05) is 282 Å². The quantitative estimate of drug-likeness (QED) is 0.0320. The summed E-state index contributed by atoms with van der Waals surface area (Å²) in [6.07, 6.45) is 74.8. The van der Waals surface area contributed by atoms with Gasteiger partial charge >= 0.3 is 5.97 Å². The number of carbonyl (C=O) groups excluding carboxylic acids is 2. The summed E-state index contributed by atoms with van der Waals surface area (Å²) >= 11 is 0. The molecule has 6 nitrogen and oxygen atoms in total. The number of rotatable bonds is 60. The molecule has 2 unspecified atom stereocenters. The van der Waals surface area contributed by atoms with Gasteiger partial charge in [-0.05, 0) is 83.5 Å². The van der Waals surface area contributed by atoms with Gasteiger partial charge in [0.05, 0.1) is 25.4 Å². The highest BCUT2D eigenvalue weighted by molar-refractivity contribution is 5.76. The van der Waals surface area contributed by atoms with Gasteiger partial charge in [0.1, 0.15) is 0 Å². The van der Waals surface area contributed by atoms with Crippen LogP contribution < -0.4 is 5.32 Å². The monoisotopic (exact) mass is 1000 g/mol. The average Bonchev–Trinajstić information content (AvgIpc) is 3.37. The molecule has 6 heteroatoms. The molecule has 0 bridgehead atoms. The van der Waals surface area contributed by atoms with Crippen molar-refractivity contribution in [3.8, 4) is 0 Å². The van der Waals surface area contributed by atoms with Gasteiger partial charge in [-0.15, -0.1) is 0 Å². The highest BCUT2D eigenvalue weighted by Crippen LogP contribution is 2.18. The molecule has 1 amide bonds. The number of ether oxygens (including phenoxy) is 1. The fourth-order valence-electron chi connectivity index (χ4n) is 10.0. The topological polar surface area (TPSA) is 95.9 Å². The molecule has 0 aromatic heterocycles. The van der Waals surface area contributed by atoms with Crippen LogP contribution in [0.3, 0.4) is 0 Å². The number of nitrogens with one attached hydrogen (secondary N) is 1. The van der Waals surface area contributed by atoms with Gasteiger partial charge in [-0.3, -0.25) is 9.59 Å². The van der Waals surface area contributed by atoms with E-state index in [1.807, 2.05) is 0 Å². The largest absolute Gasteiger partial charge is 0.466 e. The van der Waals surface area contributed by atoms with Crippen molar-refractivity contribution in [2.24, 2.45) is 0 Å². The summed E-state index contributed by atoms with van der Waals surface area (Å²) in [6, 6.07) is -0.562. The van der Waals surface area contributed by atoms with E-state index in [9.17, 15) is 19.8 Å². The predicted octanol–water partition coefficient (Wildman–Crippen LogP) is 20.2. The number of hydrogen-bond donors (Lipinski definition) is 3. The van der Waals surface area contributed by atoms with E-state index in [1.54, 1.807) is 0 Å². The van der Waals surface area contributed by atoms with Crippen LogP contribution in [0.2, 0.25) is 0 Å². The minimum atomic E-state index is -0.682. The molecular weight excluding hydrogens is 875 g/mol. The first kappa shape index (κ1) is 69.3. The van der Waals surface area contributed by atoms with Crippen LogP contribution in [0.25, 0.3) is 0 Å². The van der Waals surface area contributed by atoms with Gasteiger partial charge in [0.15, 0.2) is 0 Å². The summed E-state index contributed by atoms with van der Waals surface area (Å²) in [5.41, 5.74) is 0. The van der Waals surface area contributed by atoms with Crippen LogP contribution in [0.5, 0.6) is 0 Å². The third-order valence-electron chi connectivity index (χ3n) is 15.0. The first-order chi connectivity index (χ1) is 35.0. The van der Waals surface area contributed by atoms with Gasteiger partial charge in [0, 0.05) is 12.8 Å². The molecule has 0 aliphatic carbocycles. The molecule has 0 aromatic carbocycles. The van der Waals surface area contributed by atoms with Crippen molar-refractivity contribution in [1.29, 1.82) is 0 Å². The third-order valence-corrected chi connectivity index (χ3v) is 15.0. The van der Waals surface area contributed by atoms with E-state index in [0.717, 1.165) is 77.0 Å². The third kappa shape index (κ3) is 57.5. The minimum Gasteiger partial charge on any atom is -0.466 e. The van der Waals surface area contributed by atoms with Crippen LogP contribution >= 0.6 is 0 Å². The maximum atomic E-state index is 12.5. The Balaban J connectivity index is 3.47. The van der Waals surface area contributed by atoms with E-state index >= 15 is 0 Å². The van der Waals surface area contributed by atoms with E-state index in [-0.39, 0.29) is 18.5 Å². The lowest BCUT2D eigenvalue weighted by Crippen LogP contribution is -2.45. The molecule has 2 atom stereocenters. The van der Waals surface area contributed by atoms with Crippen LogP contribution in [-0.2, 0) is 14.3 Å². The molecule has 0 aliphatic rings. The van der Waals surface area contributed by atoms with Gasteiger partial charge in [-0.2, -0.15) is 0 Å². The number of esters is 1. The zero-order chi connectivity index (χ0) is 51.4. The number of amides is 1. The second-order valence-corrected chi connectivity index (χ2v) is 22.1. The first-order valence-corrected chi connectivity index (χ1v) is 32.1. The van der Waals surface area contributed by atoms with Crippen LogP contribution in [0.1, 0.15) is 354 Å². The smallest absolute Gasteiger partial charge is 0.305 e. The van der Waals surface area contributed by atoms with E-state index in [1.165, 1.54) is 244 Å². The Morgan fingerprint density at radius 2 is 0.662 bits per heavy atom. The molecule has 0 fully saturated rings. The number of allylic oxidation sites excluding steroid dienone is 4. The molecule has 0 aliphatic heterocycles. The van der Waals surface area contributed by atoms with E-state index < -0.39 is 12.1 Å². The molecule has 0 rings (SSSR count). The number of hydrogen-bond acceptors (Lipinski definition) is 5. The Kier molecular flexibility index (Phi) is 59.5. The summed E-state index contributed by atoms with van der Waals surface area (Å²) < 4.78 is 5.47. The lowest BCUT2D eigenvalue weighted by molar-refractivity contribution is -0.143. The molecule has 0 aromatic rings. The van der Waals surface area contributed by atoms with Crippen molar-refractivity contribution >= 4 is 11.9 Å². The zero-order valence-corrected chi connectivity index (χ0v) is 48.0. The Hall–Kier alpha value is -1.66. The van der Waals surface area contributed by atoms with Crippen molar-refractivity contribution < 1.29 is 24.5 Å². The Bertz CT molecular complexity index is 1110. The number of aliphatic hydroxyl groups excluding tert-OH is 2. The van der Waals surface area contributed by atoms with Crippen molar-refractivity contribution in [2.45, 2.75) is 366 Å². The molecule has 0 saturated heterocycles. The van der Waals surface area contributed by atoms with Gasteiger partial charge in [0.2, 0.25) is 5.91 Å². The fraction of sp³-hybridized carbons (Fsp3) is 0.908. The molecule has 420 valence electrons. The van der Waals surface area contributed by atoms with Crippen molar-refractivity contribution in [1.82, 2.24) is 5.32 Å². The van der Waals surface area contributed by atoms with Gasteiger partial charge < -0.3 is 20.3 Å². The Morgan fingerprint density at radius 3 is 1.00 bits per heavy atom. The molecule has 3 N–H and O–H groups in total. The molecule has 0 saturated carbocycles. The highest BCUT2D eigenvalue weighted by Gasteiger charge is 2.20. The summed E-state index contributed by atoms with van der Waals surface area (Å²) in [5.74, 6) is -0.0791. The van der Waals surface area contributed by atoms with Crippen molar-refractivity contribution in [3.63, 3.8) is 0 Å². The van der Waals surface area contributed by atoms with E-state index in [4.69, 9.17) is 4.74 Å². The highest BCUT2D eigenvalue weighted by atomic mass is 16.5. The van der Waals surface area contributed by atoms with Crippen LogP contribution in [0.15, 0.2) is 24.3 Å². The number of unbranched alkanes of at least 4 members (excludes halogenated alkanes) is 45. The average molecular weight is 1000 g/mol. The molecule has 71 heavy (non-hydrogen) atoms. The SMILES string of the molecule is CCCCCCCC/C=C\CCCCCCCCCCCC(=O)OCCCCC/C=C\CCCCCCCC(=O)NC(CO)C(O)CCCCCCCCCCCCCCCCCCCCCCCCC. The summed E-state index contributed by atoms with van der Waals surface area (Å²) in [5, 5.41) is 23.4. The minimum absolute atomic E-state index is 0.0220. The molecule has 0 spiro atoms. The maximum Gasteiger partial charge on any atom is 0.305 e. The van der Waals surface area contributed by atoms with E-state index in [0.29, 0.717) is 25.9 Å². The summed E-state index contributed by atoms with van der Waals surface area (Å²) in [7, 11) is 0. The molecule has 0 heterocycles. The standard InChI is InChI=1S/C65H125NO5/c1-3-5-7-9-11-13-15-17-19-21-23-24-25-26-28-29-31-33-37-41-45-49-53-57-63(68)62(61-67)66-64(69)58-54-50-46-42-38-35-36-40-44-48-52-56-60-71-65(70)59-55-51-47-43-39-34-32-30-27-22-20-18-16-14-12-10-8-6-4-2/h18,20,36,40,62-63,67-68H,3-17,19,21-35,37-39,41-61H2,1-2H3,(H,66,69)/b20-18-,40-36-. The molecule has 0 radical (unpaired) electrons. The zero-order valence-electron chi connectivity index (χ0n) is 48.0. The Morgan fingerprint density at radius 1 is 0.380 bits per heavy atom. The van der Waals surface area contributed by atoms with E-state index in [2.05, 4.69) is 43.5 Å².